The van der Waals surface area contributed by atoms with Crippen molar-refractivity contribution in [3.8, 4) is 0 Å². The second-order valence-electron chi connectivity index (χ2n) is 7.51. The summed E-state index contributed by atoms with van der Waals surface area (Å²) in [5.41, 5.74) is -0.595. The van der Waals surface area contributed by atoms with E-state index in [1.807, 2.05) is 0 Å². The highest BCUT2D eigenvalue weighted by atomic mass is 16.5. The maximum atomic E-state index is 12.3. The standard InChI is InChI=1S/C21H27N3O5/c1-14(19(26)22-15-8-4-2-3-5-9-15)29-18(25)12-13-24-17-11-7-6-10-16(17)20(27)23-21(24)28/h6-7,10-11,14-15H,2-5,8-9,12-13H2,1H3,(H,22,26)(H,23,27,28)/t14-/m1/s1. The lowest BCUT2D eigenvalue weighted by molar-refractivity contribution is -0.155. The quantitative estimate of drug-likeness (QED) is 0.567. The van der Waals surface area contributed by atoms with Gasteiger partial charge >= 0.3 is 11.7 Å². The van der Waals surface area contributed by atoms with Crippen LogP contribution in [0.3, 0.4) is 0 Å². The first-order valence-corrected chi connectivity index (χ1v) is 10.2. The van der Waals surface area contributed by atoms with E-state index >= 15 is 0 Å². The summed E-state index contributed by atoms with van der Waals surface area (Å²) in [6.45, 7) is 1.59. The molecule has 0 radical (unpaired) electrons. The fourth-order valence-electron chi connectivity index (χ4n) is 3.72. The number of amides is 1. The molecular weight excluding hydrogens is 374 g/mol. The van der Waals surface area contributed by atoms with Gasteiger partial charge in [-0.05, 0) is 31.9 Å². The number of H-pyrrole nitrogens is 1. The summed E-state index contributed by atoms with van der Waals surface area (Å²) in [6, 6.07) is 6.82. The fraction of sp³-hybridized carbons (Fsp3) is 0.524. The predicted octanol–water partition coefficient (Wildman–Crippen LogP) is 1.85. The molecule has 1 fully saturated rings. The minimum Gasteiger partial charge on any atom is -0.452 e. The van der Waals surface area contributed by atoms with Crippen LogP contribution in [0, 0.1) is 0 Å². The molecule has 1 aromatic heterocycles. The third-order valence-corrected chi connectivity index (χ3v) is 5.32. The van der Waals surface area contributed by atoms with Gasteiger partial charge in [0.2, 0.25) is 0 Å². The van der Waals surface area contributed by atoms with Crippen LogP contribution in [0.4, 0.5) is 0 Å². The SMILES string of the molecule is C[C@@H](OC(=O)CCn1c(=O)[nH]c(=O)c2ccccc21)C(=O)NC1CCCCCC1. The number of rotatable bonds is 6. The first-order valence-electron chi connectivity index (χ1n) is 10.2. The molecular formula is C21H27N3O5. The molecule has 0 spiro atoms. The number of aromatic amines is 1. The molecule has 1 heterocycles. The third kappa shape index (κ3) is 5.34. The Labute approximate surface area is 168 Å². The summed E-state index contributed by atoms with van der Waals surface area (Å²) in [7, 11) is 0. The van der Waals surface area contributed by atoms with Crippen molar-refractivity contribution in [1.82, 2.24) is 14.9 Å². The number of esters is 1. The molecule has 2 N–H and O–H groups in total. The molecule has 1 amide bonds. The number of aryl methyl sites for hydroxylation is 1. The summed E-state index contributed by atoms with van der Waals surface area (Å²) in [6.07, 6.45) is 5.50. The van der Waals surface area contributed by atoms with Crippen LogP contribution in [0.15, 0.2) is 33.9 Å². The topological polar surface area (TPSA) is 110 Å². The fourth-order valence-corrected chi connectivity index (χ4v) is 3.72. The second kappa shape index (κ2) is 9.54. The number of ether oxygens (including phenoxy) is 1. The van der Waals surface area contributed by atoms with Crippen LogP contribution in [0.25, 0.3) is 10.9 Å². The molecule has 1 aliphatic carbocycles. The summed E-state index contributed by atoms with van der Waals surface area (Å²) in [4.78, 5) is 50.8. The van der Waals surface area contributed by atoms with E-state index in [-0.39, 0.29) is 24.9 Å². The van der Waals surface area contributed by atoms with Crippen LogP contribution >= 0.6 is 0 Å². The zero-order valence-electron chi connectivity index (χ0n) is 16.6. The molecule has 0 bridgehead atoms. The summed E-state index contributed by atoms with van der Waals surface area (Å²) < 4.78 is 6.57. The van der Waals surface area contributed by atoms with E-state index in [0.717, 1.165) is 25.7 Å². The lowest BCUT2D eigenvalue weighted by Crippen LogP contribution is -2.42. The van der Waals surface area contributed by atoms with Gasteiger partial charge < -0.3 is 10.1 Å². The molecule has 0 saturated heterocycles. The van der Waals surface area contributed by atoms with E-state index in [1.165, 1.54) is 17.4 Å². The first kappa shape index (κ1) is 20.8. The average Bonchev–Trinajstić information content (AvgIpc) is 2.96. The summed E-state index contributed by atoms with van der Waals surface area (Å²) in [5, 5.41) is 3.34. The van der Waals surface area contributed by atoms with Crippen molar-refractivity contribution in [3.63, 3.8) is 0 Å². The normalized spacial score (nSPS) is 16.2. The van der Waals surface area contributed by atoms with Gasteiger partial charge in [-0.25, -0.2) is 4.79 Å². The maximum Gasteiger partial charge on any atom is 0.328 e. The van der Waals surface area contributed by atoms with Crippen molar-refractivity contribution in [2.45, 2.75) is 70.6 Å². The number of para-hydroxylation sites is 1. The molecule has 1 atom stereocenters. The van der Waals surface area contributed by atoms with Crippen LogP contribution in [0.5, 0.6) is 0 Å². The lowest BCUT2D eigenvalue weighted by atomic mass is 10.1. The molecule has 3 rings (SSSR count). The molecule has 1 aromatic carbocycles. The van der Waals surface area contributed by atoms with Crippen molar-refractivity contribution >= 4 is 22.8 Å². The van der Waals surface area contributed by atoms with Crippen molar-refractivity contribution in [1.29, 1.82) is 0 Å². The zero-order chi connectivity index (χ0) is 20.8. The Morgan fingerprint density at radius 3 is 2.59 bits per heavy atom. The van der Waals surface area contributed by atoms with E-state index < -0.39 is 23.3 Å². The van der Waals surface area contributed by atoms with Gasteiger partial charge in [0, 0.05) is 12.6 Å². The highest BCUT2D eigenvalue weighted by Gasteiger charge is 2.22. The number of carbonyl (C=O) groups is 2. The Bertz CT molecular complexity index is 986. The highest BCUT2D eigenvalue weighted by molar-refractivity contribution is 5.83. The number of hydrogen-bond donors (Lipinski definition) is 2. The number of fused-ring (bicyclic) bond motifs is 1. The number of nitrogens with zero attached hydrogens (tertiary/aromatic N) is 1. The summed E-state index contributed by atoms with van der Waals surface area (Å²) in [5.74, 6) is -0.868. The van der Waals surface area contributed by atoms with Crippen molar-refractivity contribution < 1.29 is 14.3 Å². The smallest absolute Gasteiger partial charge is 0.328 e. The minimum atomic E-state index is -0.894. The monoisotopic (exact) mass is 401 g/mol. The van der Waals surface area contributed by atoms with Crippen molar-refractivity contribution in [3.05, 3.63) is 45.1 Å². The number of aromatic nitrogens is 2. The Kier molecular flexibility index (Phi) is 6.85. The van der Waals surface area contributed by atoms with Gasteiger partial charge in [0.25, 0.3) is 11.5 Å². The van der Waals surface area contributed by atoms with Crippen LogP contribution in [-0.2, 0) is 20.9 Å². The Hall–Kier alpha value is -2.90. The van der Waals surface area contributed by atoms with E-state index in [9.17, 15) is 19.2 Å². The van der Waals surface area contributed by atoms with Crippen LogP contribution in [0.2, 0.25) is 0 Å². The van der Waals surface area contributed by atoms with Gasteiger partial charge in [-0.3, -0.25) is 23.9 Å². The van der Waals surface area contributed by atoms with Gasteiger partial charge in [0.15, 0.2) is 6.10 Å². The molecule has 1 saturated carbocycles. The Morgan fingerprint density at radius 1 is 1.17 bits per heavy atom. The molecule has 0 unspecified atom stereocenters. The van der Waals surface area contributed by atoms with Gasteiger partial charge in [-0.2, -0.15) is 0 Å². The van der Waals surface area contributed by atoms with E-state index in [1.54, 1.807) is 31.2 Å². The lowest BCUT2D eigenvalue weighted by Gasteiger charge is -2.19. The van der Waals surface area contributed by atoms with Crippen molar-refractivity contribution in [2.75, 3.05) is 0 Å². The number of benzene rings is 1. The average molecular weight is 401 g/mol. The van der Waals surface area contributed by atoms with Crippen LogP contribution < -0.4 is 16.6 Å². The second-order valence-corrected chi connectivity index (χ2v) is 7.51. The molecule has 2 aromatic rings. The van der Waals surface area contributed by atoms with Crippen LogP contribution in [0.1, 0.15) is 51.9 Å². The largest absolute Gasteiger partial charge is 0.452 e. The maximum absolute atomic E-state index is 12.3. The molecule has 8 nitrogen and oxygen atoms in total. The molecule has 156 valence electrons. The number of carbonyl (C=O) groups excluding carboxylic acids is 2. The molecule has 1 aliphatic rings. The Morgan fingerprint density at radius 2 is 1.86 bits per heavy atom. The zero-order valence-corrected chi connectivity index (χ0v) is 16.6. The van der Waals surface area contributed by atoms with E-state index in [0.29, 0.717) is 10.9 Å². The molecule has 29 heavy (non-hydrogen) atoms. The Balaban J connectivity index is 1.57. The van der Waals surface area contributed by atoms with Crippen LogP contribution in [-0.4, -0.2) is 33.6 Å². The summed E-state index contributed by atoms with van der Waals surface area (Å²) >= 11 is 0. The number of nitrogens with one attached hydrogen (secondary N) is 2. The van der Waals surface area contributed by atoms with Gasteiger partial charge in [0.1, 0.15) is 0 Å². The van der Waals surface area contributed by atoms with Crippen molar-refractivity contribution in [2.24, 2.45) is 0 Å². The van der Waals surface area contributed by atoms with E-state index in [4.69, 9.17) is 4.74 Å². The first-order chi connectivity index (χ1) is 14.0. The molecule has 0 aliphatic heterocycles. The van der Waals surface area contributed by atoms with E-state index in [2.05, 4.69) is 10.3 Å². The number of hydrogen-bond acceptors (Lipinski definition) is 5. The van der Waals surface area contributed by atoms with Gasteiger partial charge in [0.05, 0.1) is 17.3 Å². The highest BCUT2D eigenvalue weighted by Crippen LogP contribution is 2.17. The van der Waals surface area contributed by atoms with Gasteiger partial charge in [-0.15, -0.1) is 0 Å². The minimum absolute atomic E-state index is 0.0475. The third-order valence-electron chi connectivity index (χ3n) is 5.32. The molecule has 8 heteroatoms. The van der Waals surface area contributed by atoms with Gasteiger partial charge in [-0.1, -0.05) is 37.8 Å². The predicted molar refractivity (Wildman–Crippen MR) is 109 cm³/mol.